The number of hydrogen-bond donors (Lipinski definition) is 0. The first kappa shape index (κ1) is 7.56. The molecule has 0 unspecified atom stereocenters. The fourth-order valence-corrected chi connectivity index (χ4v) is 1.64. The average molecular weight is 156 g/mol. The highest BCUT2D eigenvalue weighted by molar-refractivity contribution is 4.71. The standard InChI is InChI=1S/C9H16O2/c1-2-4-8(5-3-1)10-6-9-7-11-9/h8-9H,1-7H2/t9-/m0/s1. The lowest BCUT2D eigenvalue weighted by Gasteiger charge is -2.21. The highest BCUT2D eigenvalue weighted by atomic mass is 16.6. The molecule has 0 radical (unpaired) electrons. The van der Waals surface area contributed by atoms with Crippen molar-refractivity contribution in [3.8, 4) is 0 Å². The van der Waals surface area contributed by atoms with Crippen LogP contribution in [0.2, 0.25) is 0 Å². The van der Waals surface area contributed by atoms with E-state index in [1.165, 1.54) is 32.1 Å². The zero-order valence-electron chi connectivity index (χ0n) is 6.92. The van der Waals surface area contributed by atoms with Gasteiger partial charge in [0.1, 0.15) is 6.10 Å². The summed E-state index contributed by atoms with van der Waals surface area (Å²) in [7, 11) is 0. The summed E-state index contributed by atoms with van der Waals surface area (Å²) < 4.78 is 10.8. The molecule has 11 heavy (non-hydrogen) atoms. The van der Waals surface area contributed by atoms with E-state index in [1.54, 1.807) is 0 Å². The van der Waals surface area contributed by atoms with Gasteiger partial charge in [0.05, 0.1) is 19.3 Å². The minimum Gasteiger partial charge on any atom is -0.375 e. The molecule has 0 spiro atoms. The number of epoxide rings is 1. The minimum absolute atomic E-state index is 0.442. The van der Waals surface area contributed by atoms with E-state index in [-0.39, 0.29) is 0 Å². The van der Waals surface area contributed by atoms with E-state index in [1.807, 2.05) is 0 Å². The van der Waals surface area contributed by atoms with Crippen LogP contribution in [-0.2, 0) is 9.47 Å². The summed E-state index contributed by atoms with van der Waals surface area (Å²) in [6.07, 6.45) is 7.65. The van der Waals surface area contributed by atoms with Gasteiger partial charge in [0.2, 0.25) is 0 Å². The second-order valence-electron chi connectivity index (χ2n) is 3.55. The SMILES string of the molecule is C1CCC(OC[C@H]2CO2)CC1. The summed E-state index contributed by atoms with van der Waals surface area (Å²) in [4.78, 5) is 0. The molecule has 64 valence electrons. The molecular formula is C9H16O2. The number of hydrogen-bond acceptors (Lipinski definition) is 2. The molecule has 1 saturated carbocycles. The zero-order chi connectivity index (χ0) is 7.52. The first-order valence-corrected chi connectivity index (χ1v) is 4.68. The van der Waals surface area contributed by atoms with E-state index in [0.29, 0.717) is 12.2 Å². The van der Waals surface area contributed by atoms with Gasteiger partial charge in [0.25, 0.3) is 0 Å². The maximum atomic E-state index is 5.68. The lowest BCUT2D eigenvalue weighted by molar-refractivity contribution is 0.0199. The molecule has 2 aliphatic rings. The molecule has 2 fully saturated rings. The van der Waals surface area contributed by atoms with Crippen molar-refractivity contribution in [2.45, 2.75) is 44.3 Å². The molecule has 0 aromatic heterocycles. The van der Waals surface area contributed by atoms with Crippen molar-refractivity contribution in [1.29, 1.82) is 0 Å². The van der Waals surface area contributed by atoms with Crippen molar-refractivity contribution in [2.24, 2.45) is 0 Å². The lowest BCUT2D eigenvalue weighted by Crippen LogP contribution is -2.18. The summed E-state index contributed by atoms with van der Waals surface area (Å²) in [6.45, 7) is 1.76. The second kappa shape index (κ2) is 3.55. The van der Waals surface area contributed by atoms with Gasteiger partial charge in [-0.05, 0) is 12.8 Å². The van der Waals surface area contributed by atoms with Gasteiger partial charge in [-0.25, -0.2) is 0 Å². The second-order valence-corrected chi connectivity index (χ2v) is 3.55. The first-order valence-electron chi connectivity index (χ1n) is 4.68. The number of ether oxygens (including phenoxy) is 2. The summed E-state index contributed by atoms with van der Waals surface area (Å²) in [5.41, 5.74) is 0. The van der Waals surface area contributed by atoms with Crippen LogP contribution in [0.25, 0.3) is 0 Å². The monoisotopic (exact) mass is 156 g/mol. The van der Waals surface area contributed by atoms with E-state index < -0.39 is 0 Å². The molecular weight excluding hydrogens is 140 g/mol. The van der Waals surface area contributed by atoms with Crippen molar-refractivity contribution in [3.05, 3.63) is 0 Å². The van der Waals surface area contributed by atoms with E-state index in [4.69, 9.17) is 9.47 Å². The van der Waals surface area contributed by atoms with Gasteiger partial charge >= 0.3 is 0 Å². The molecule has 0 bridgehead atoms. The Bertz CT molecular complexity index is 115. The summed E-state index contributed by atoms with van der Waals surface area (Å²) in [5.74, 6) is 0. The fourth-order valence-electron chi connectivity index (χ4n) is 1.64. The quantitative estimate of drug-likeness (QED) is 0.580. The zero-order valence-corrected chi connectivity index (χ0v) is 6.92. The third-order valence-corrected chi connectivity index (χ3v) is 2.47. The molecule has 2 heteroatoms. The molecule has 0 aromatic carbocycles. The summed E-state index contributed by atoms with van der Waals surface area (Å²) in [6, 6.07) is 0. The van der Waals surface area contributed by atoms with Crippen LogP contribution < -0.4 is 0 Å². The third kappa shape index (κ3) is 2.46. The highest BCUT2D eigenvalue weighted by Gasteiger charge is 2.24. The van der Waals surface area contributed by atoms with Crippen molar-refractivity contribution < 1.29 is 9.47 Å². The average Bonchev–Trinajstić information content (AvgIpc) is 2.86. The fraction of sp³-hybridized carbons (Fsp3) is 1.00. The molecule has 0 aromatic rings. The van der Waals surface area contributed by atoms with Crippen molar-refractivity contribution in [2.75, 3.05) is 13.2 Å². The van der Waals surface area contributed by atoms with E-state index in [9.17, 15) is 0 Å². The molecule has 1 aliphatic carbocycles. The molecule has 1 heterocycles. The Hall–Kier alpha value is -0.0800. The molecule has 1 aliphatic heterocycles. The Morgan fingerprint density at radius 3 is 2.55 bits per heavy atom. The molecule has 1 saturated heterocycles. The van der Waals surface area contributed by atoms with Gasteiger partial charge in [-0.1, -0.05) is 19.3 Å². The van der Waals surface area contributed by atoms with Crippen molar-refractivity contribution in [3.63, 3.8) is 0 Å². The third-order valence-electron chi connectivity index (χ3n) is 2.47. The van der Waals surface area contributed by atoms with Crippen LogP contribution in [-0.4, -0.2) is 25.4 Å². The number of rotatable bonds is 3. The van der Waals surface area contributed by atoms with Crippen LogP contribution in [0.1, 0.15) is 32.1 Å². The van der Waals surface area contributed by atoms with E-state index in [2.05, 4.69) is 0 Å². The van der Waals surface area contributed by atoms with Crippen LogP contribution >= 0.6 is 0 Å². The van der Waals surface area contributed by atoms with Gasteiger partial charge in [0, 0.05) is 0 Å². The molecule has 0 N–H and O–H groups in total. The van der Waals surface area contributed by atoms with Crippen molar-refractivity contribution >= 4 is 0 Å². The van der Waals surface area contributed by atoms with Gasteiger partial charge in [-0.2, -0.15) is 0 Å². The Morgan fingerprint density at radius 1 is 1.18 bits per heavy atom. The topological polar surface area (TPSA) is 21.8 Å². The predicted molar refractivity (Wildman–Crippen MR) is 42.6 cm³/mol. The van der Waals surface area contributed by atoms with Crippen LogP contribution in [0.5, 0.6) is 0 Å². The van der Waals surface area contributed by atoms with Crippen LogP contribution in [0.3, 0.4) is 0 Å². The molecule has 2 rings (SSSR count). The molecule has 1 atom stereocenters. The maximum Gasteiger partial charge on any atom is 0.104 e. The Kier molecular flexibility index (Phi) is 2.44. The Balaban J connectivity index is 1.59. The normalized spacial score (nSPS) is 32.2. The highest BCUT2D eigenvalue weighted by Crippen LogP contribution is 2.21. The van der Waals surface area contributed by atoms with Crippen LogP contribution in [0, 0.1) is 0 Å². The smallest absolute Gasteiger partial charge is 0.104 e. The minimum atomic E-state index is 0.442. The van der Waals surface area contributed by atoms with Crippen LogP contribution in [0.15, 0.2) is 0 Å². The van der Waals surface area contributed by atoms with E-state index in [0.717, 1.165) is 13.2 Å². The van der Waals surface area contributed by atoms with Gasteiger partial charge < -0.3 is 9.47 Å². The van der Waals surface area contributed by atoms with Gasteiger partial charge in [0.15, 0.2) is 0 Å². The predicted octanol–water partition coefficient (Wildman–Crippen LogP) is 1.73. The largest absolute Gasteiger partial charge is 0.375 e. The van der Waals surface area contributed by atoms with Gasteiger partial charge in [-0.15, -0.1) is 0 Å². The molecule has 2 nitrogen and oxygen atoms in total. The van der Waals surface area contributed by atoms with Gasteiger partial charge in [-0.3, -0.25) is 0 Å². The van der Waals surface area contributed by atoms with Crippen LogP contribution in [0.4, 0.5) is 0 Å². The maximum absolute atomic E-state index is 5.68. The summed E-state index contributed by atoms with van der Waals surface area (Å²) in [5, 5.41) is 0. The summed E-state index contributed by atoms with van der Waals surface area (Å²) >= 11 is 0. The first-order chi connectivity index (χ1) is 5.45. The van der Waals surface area contributed by atoms with Crippen molar-refractivity contribution in [1.82, 2.24) is 0 Å². The Labute approximate surface area is 67.9 Å². The van der Waals surface area contributed by atoms with E-state index >= 15 is 0 Å². The molecule has 0 amide bonds. The Morgan fingerprint density at radius 2 is 1.91 bits per heavy atom. The lowest BCUT2D eigenvalue weighted by atomic mass is 9.98.